The monoisotopic (exact) mass is 645 g/mol. The van der Waals surface area contributed by atoms with Crippen LogP contribution in [0.15, 0.2) is 217 Å². The molecule has 0 heterocycles. The van der Waals surface area contributed by atoms with Gasteiger partial charge in [0.05, 0.1) is 0 Å². The van der Waals surface area contributed by atoms with Gasteiger partial charge in [0.2, 0.25) is 0 Å². The minimum atomic E-state index is -0.312. The molecular formula is C49H43N. The van der Waals surface area contributed by atoms with E-state index < -0.39 is 0 Å². The van der Waals surface area contributed by atoms with Crippen molar-refractivity contribution in [3.8, 4) is 0 Å². The summed E-state index contributed by atoms with van der Waals surface area (Å²) in [7, 11) is 0. The first-order chi connectivity index (χ1) is 24.2. The van der Waals surface area contributed by atoms with Crippen LogP contribution in [0.2, 0.25) is 0 Å². The predicted octanol–water partition coefficient (Wildman–Crippen LogP) is 13.6. The van der Waals surface area contributed by atoms with E-state index in [1.807, 2.05) is 0 Å². The Kier molecular flexibility index (Phi) is 8.83. The maximum atomic E-state index is 4.55. The molecular weight excluding hydrogens is 603 g/mol. The smallest absolute Gasteiger partial charge is 0.0458 e. The van der Waals surface area contributed by atoms with Crippen LogP contribution in [0.25, 0.3) is 27.1 Å². The van der Waals surface area contributed by atoms with Crippen molar-refractivity contribution in [3.05, 3.63) is 223 Å². The molecule has 0 N–H and O–H groups in total. The molecule has 1 fully saturated rings. The Labute approximate surface area is 297 Å². The van der Waals surface area contributed by atoms with Gasteiger partial charge in [-0.1, -0.05) is 155 Å². The van der Waals surface area contributed by atoms with E-state index in [9.17, 15) is 0 Å². The van der Waals surface area contributed by atoms with Crippen molar-refractivity contribution in [2.75, 3.05) is 4.90 Å². The summed E-state index contributed by atoms with van der Waals surface area (Å²) in [6.45, 7) is 22.6. The van der Waals surface area contributed by atoms with Gasteiger partial charge >= 0.3 is 0 Å². The third-order valence-corrected chi connectivity index (χ3v) is 10.2. The Bertz CT molecular complexity index is 2300. The first-order valence-electron chi connectivity index (χ1n) is 17.3. The van der Waals surface area contributed by atoms with Crippen LogP contribution in [-0.2, 0) is 0 Å². The topological polar surface area (TPSA) is 3.24 Å². The zero-order valence-corrected chi connectivity index (χ0v) is 29.1. The van der Waals surface area contributed by atoms with Gasteiger partial charge in [0.15, 0.2) is 0 Å². The average Bonchev–Trinajstić information content (AvgIpc) is 3.29. The zero-order valence-electron chi connectivity index (χ0n) is 29.1. The van der Waals surface area contributed by atoms with E-state index in [0.717, 1.165) is 63.2 Å². The van der Waals surface area contributed by atoms with Gasteiger partial charge in [0.1, 0.15) is 0 Å². The van der Waals surface area contributed by atoms with Gasteiger partial charge in [-0.15, -0.1) is 0 Å². The van der Waals surface area contributed by atoms with Crippen LogP contribution in [0.3, 0.4) is 0 Å². The molecule has 1 saturated carbocycles. The number of anilines is 2. The molecule has 0 radical (unpaired) electrons. The van der Waals surface area contributed by atoms with E-state index in [1.165, 1.54) is 32.8 Å². The van der Waals surface area contributed by atoms with Crippen LogP contribution in [0.1, 0.15) is 32.3 Å². The van der Waals surface area contributed by atoms with Crippen LogP contribution in [0.4, 0.5) is 11.4 Å². The minimum Gasteiger partial charge on any atom is -0.314 e. The van der Waals surface area contributed by atoms with Gasteiger partial charge in [-0.05, 0) is 115 Å². The van der Waals surface area contributed by atoms with Crippen molar-refractivity contribution in [2.24, 2.45) is 5.41 Å². The molecule has 2 aliphatic rings. The van der Waals surface area contributed by atoms with Crippen LogP contribution in [-0.4, -0.2) is 0 Å². The van der Waals surface area contributed by atoms with Gasteiger partial charge in [0, 0.05) is 22.5 Å². The second kappa shape index (κ2) is 13.5. The molecule has 0 unspecified atom stereocenters. The van der Waals surface area contributed by atoms with E-state index >= 15 is 0 Å². The number of rotatable bonds is 7. The summed E-state index contributed by atoms with van der Waals surface area (Å²) >= 11 is 0. The standard InChI is InChI=1S/C49H43N/c1-34(39-15-13-16-41-17-14-18-42-26-24-38(23-25-39)33-46(41)42)31-47-36(3)37(4)48(49(47,5)6)32-35(2)40-27-29-45(30-28-40)50(43-19-9-7-10-20-43)44-21-11-8-12-22-44/h7-27,29,31-33H,1-4,28,30H2,5-6H3. The fourth-order valence-electron chi connectivity index (χ4n) is 7.27. The molecule has 5 aromatic carbocycles. The highest BCUT2D eigenvalue weighted by Gasteiger charge is 2.39. The predicted molar refractivity (Wildman–Crippen MR) is 217 cm³/mol. The van der Waals surface area contributed by atoms with Gasteiger partial charge in [-0.3, -0.25) is 0 Å². The molecule has 1 nitrogen and oxygen atoms in total. The number of benzene rings is 4. The van der Waals surface area contributed by atoms with Gasteiger partial charge in [-0.2, -0.15) is 0 Å². The molecule has 5 aromatic rings. The van der Waals surface area contributed by atoms with Gasteiger partial charge < -0.3 is 4.90 Å². The van der Waals surface area contributed by atoms with E-state index in [1.54, 1.807) is 0 Å². The summed E-state index contributed by atoms with van der Waals surface area (Å²) in [4.78, 5) is 2.35. The highest BCUT2D eigenvalue weighted by molar-refractivity contribution is 6.00. The number of hydrogen-bond donors (Lipinski definition) is 0. The summed E-state index contributed by atoms with van der Waals surface area (Å²) in [5.41, 5.74) is 11.7. The number of allylic oxidation sites excluding steroid dienone is 12. The van der Waals surface area contributed by atoms with E-state index in [0.29, 0.717) is 0 Å². The Morgan fingerprint density at radius 3 is 1.76 bits per heavy atom. The summed E-state index contributed by atoms with van der Waals surface area (Å²) in [6.07, 6.45) is 10.7. The summed E-state index contributed by atoms with van der Waals surface area (Å²) in [5, 5.41) is 4.88. The summed E-state index contributed by atoms with van der Waals surface area (Å²) in [6, 6.07) is 45.0. The molecule has 0 spiro atoms. The maximum Gasteiger partial charge on any atom is 0.0458 e. The van der Waals surface area contributed by atoms with Crippen molar-refractivity contribution in [1.29, 1.82) is 0 Å². The molecule has 1 heteroatoms. The zero-order chi connectivity index (χ0) is 34.8. The molecule has 0 aromatic heterocycles. The molecule has 244 valence electrons. The third-order valence-electron chi connectivity index (χ3n) is 10.2. The lowest BCUT2D eigenvalue weighted by molar-refractivity contribution is 0.583. The maximum absolute atomic E-state index is 4.55. The lowest BCUT2D eigenvalue weighted by Crippen LogP contribution is -2.18. The largest absolute Gasteiger partial charge is 0.314 e. The summed E-state index contributed by atoms with van der Waals surface area (Å²) in [5.74, 6) is 0. The normalized spacial score (nSPS) is 17.2. The highest BCUT2D eigenvalue weighted by atomic mass is 15.1. The Morgan fingerprint density at radius 2 is 1.16 bits per heavy atom. The molecule has 0 saturated heterocycles. The van der Waals surface area contributed by atoms with Gasteiger partial charge in [-0.25, -0.2) is 0 Å². The lowest BCUT2D eigenvalue weighted by atomic mass is 9.80. The van der Waals surface area contributed by atoms with E-state index in [4.69, 9.17) is 0 Å². The number of hydrogen-bond acceptors (Lipinski definition) is 1. The second-order valence-corrected chi connectivity index (χ2v) is 13.7. The van der Waals surface area contributed by atoms with E-state index in [-0.39, 0.29) is 5.41 Å². The number of fused-ring (bicyclic) bond motifs is 1. The Balaban J connectivity index is 1.17. The SMILES string of the molecule is C=C(C=C1C(=C)C(=C)C(=CC(=C)c2cccc3cccc4ccc(cc2)cc34)C1(C)C)C1=CC=C(N(c2ccccc2)c2ccccc2)CC1. The summed E-state index contributed by atoms with van der Waals surface area (Å²) < 4.78 is 0. The van der Waals surface area contributed by atoms with Crippen LogP contribution in [0, 0.1) is 5.41 Å². The highest BCUT2D eigenvalue weighted by Crippen LogP contribution is 2.53. The molecule has 7 rings (SSSR count). The average molecular weight is 646 g/mol. The molecule has 2 bridgehead atoms. The van der Waals surface area contributed by atoms with Crippen molar-refractivity contribution < 1.29 is 0 Å². The van der Waals surface area contributed by atoms with Crippen molar-refractivity contribution >= 4 is 38.5 Å². The van der Waals surface area contributed by atoms with Crippen molar-refractivity contribution in [2.45, 2.75) is 26.7 Å². The van der Waals surface area contributed by atoms with Crippen LogP contribution >= 0.6 is 0 Å². The molecule has 50 heavy (non-hydrogen) atoms. The van der Waals surface area contributed by atoms with E-state index in [2.05, 4.69) is 197 Å². The lowest BCUT2D eigenvalue weighted by Gasteiger charge is -2.30. The molecule has 0 atom stereocenters. The fourth-order valence-corrected chi connectivity index (χ4v) is 7.27. The Hall–Kier alpha value is -5.92. The van der Waals surface area contributed by atoms with Crippen molar-refractivity contribution in [3.63, 3.8) is 0 Å². The number of para-hydroxylation sites is 2. The van der Waals surface area contributed by atoms with Crippen LogP contribution < -0.4 is 4.90 Å². The molecule has 2 aliphatic carbocycles. The van der Waals surface area contributed by atoms with Crippen LogP contribution in [0.5, 0.6) is 0 Å². The molecule has 0 amide bonds. The minimum absolute atomic E-state index is 0.312. The third kappa shape index (κ3) is 6.31. The van der Waals surface area contributed by atoms with Crippen molar-refractivity contribution in [1.82, 2.24) is 0 Å². The number of nitrogens with zero attached hydrogens (tertiary/aromatic N) is 1. The fraction of sp³-hybridized carbons (Fsp3) is 0.102. The van der Waals surface area contributed by atoms with Gasteiger partial charge in [0.25, 0.3) is 0 Å². The first-order valence-corrected chi connectivity index (χ1v) is 17.3. The Morgan fingerprint density at radius 1 is 0.600 bits per heavy atom. The second-order valence-electron chi connectivity index (χ2n) is 13.7. The quantitative estimate of drug-likeness (QED) is 0.170. The molecule has 0 aliphatic heterocycles. The first kappa shape index (κ1) is 32.6.